The predicted molar refractivity (Wildman–Crippen MR) is 87.8 cm³/mol. The highest BCUT2D eigenvalue weighted by molar-refractivity contribution is 5.98. The third-order valence-corrected chi connectivity index (χ3v) is 3.04. The zero-order valence-electron chi connectivity index (χ0n) is 12.5. The van der Waals surface area contributed by atoms with Crippen molar-refractivity contribution in [2.24, 2.45) is 10.7 Å². The molecule has 5 heteroatoms. The van der Waals surface area contributed by atoms with Crippen molar-refractivity contribution in [2.45, 2.75) is 13.8 Å². The van der Waals surface area contributed by atoms with Crippen LogP contribution in [-0.2, 0) is 0 Å². The van der Waals surface area contributed by atoms with Crippen LogP contribution in [0.2, 0.25) is 0 Å². The van der Waals surface area contributed by atoms with E-state index in [1.54, 1.807) is 48.5 Å². The van der Waals surface area contributed by atoms with Crippen LogP contribution in [0, 0.1) is 0 Å². The summed E-state index contributed by atoms with van der Waals surface area (Å²) >= 11 is 0. The molecule has 0 aliphatic carbocycles. The van der Waals surface area contributed by atoms with Crippen molar-refractivity contribution < 1.29 is 9.59 Å². The van der Waals surface area contributed by atoms with Crippen molar-refractivity contribution in [3.63, 3.8) is 0 Å². The fourth-order valence-electron chi connectivity index (χ4n) is 1.93. The van der Waals surface area contributed by atoms with Gasteiger partial charge in [-0.15, -0.1) is 0 Å². The molecule has 0 saturated heterocycles. The number of Topliss-reactive ketones (excluding diaryl/α,β-unsaturated/α-hetero) is 2. The molecular weight excluding hydrogens is 278 g/mol. The SMILES string of the molecule is CC(=O)c1cccc(N=C(N)Nc2cccc(C(C)=O)c2)c1. The van der Waals surface area contributed by atoms with Crippen LogP contribution < -0.4 is 11.1 Å². The van der Waals surface area contributed by atoms with Crippen LogP contribution in [-0.4, -0.2) is 17.5 Å². The fraction of sp³-hybridized carbons (Fsp3) is 0.118. The maximum atomic E-state index is 11.4. The summed E-state index contributed by atoms with van der Waals surface area (Å²) in [6.07, 6.45) is 0. The first-order valence-corrected chi connectivity index (χ1v) is 6.79. The topological polar surface area (TPSA) is 84.6 Å². The zero-order chi connectivity index (χ0) is 16.1. The molecule has 2 aromatic carbocycles. The Labute approximate surface area is 128 Å². The summed E-state index contributed by atoms with van der Waals surface area (Å²) in [6, 6.07) is 13.9. The van der Waals surface area contributed by atoms with Crippen molar-refractivity contribution in [1.82, 2.24) is 0 Å². The van der Waals surface area contributed by atoms with Gasteiger partial charge < -0.3 is 11.1 Å². The van der Waals surface area contributed by atoms with E-state index in [0.717, 1.165) is 0 Å². The third kappa shape index (κ3) is 4.02. The van der Waals surface area contributed by atoms with Gasteiger partial charge in [0.2, 0.25) is 0 Å². The van der Waals surface area contributed by atoms with Crippen LogP contribution in [0.5, 0.6) is 0 Å². The Balaban J connectivity index is 2.19. The maximum Gasteiger partial charge on any atom is 0.198 e. The van der Waals surface area contributed by atoms with Crippen molar-refractivity contribution >= 4 is 28.9 Å². The number of aliphatic imine (C=N–C) groups is 1. The molecule has 112 valence electrons. The smallest absolute Gasteiger partial charge is 0.198 e. The second-order valence-electron chi connectivity index (χ2n) is 4.87. The van der Waals surface area contributed by atoms with E-state index in [2.05, 4.69) is 10.3 Å². The summed E-state index contributed by atoms with van der Waals surface area (Å²) in [5.74, 6) is 0.132. The van der Waals surface area contributed by atoms with E-state index in [1.807, 2.05) is 0 Å². The number of nitrogens with zero attached hydrogens (tertiary/aromatic N) is 1. The molecule has 0 radical (unpaired) electrons. The van der Waals surface area contributed by atoms with Crippen LogP contribution in [0.4, 0.5) is 11.4 Å². The molecule has 0 aliphatic rings. The van der Waals surface area contributed by atoms with Crippen molar-refractivity contribution in [2.75, 3.05) is 5.32 Å². The molecule has 5 nitrogen and oxygen atoms in total. The molecule has 2 rings (SSSR count). The number of carbonyl (C=O) groups excluding carboxylic acids is 2. The van der Waals surface area contributed by atoms with Gasteiger partial charge in [-0.05, 0) is 38.1 Å². The summed E-state index contributed by atoms with van der Waals surface area (Å²) in [5.41, 5.74) is 8.29. The van der Waals surface area contributed by atoms with E-state index >= 15 is 0 Å². The summed E-state index contributed by atoms with van der Waals surface area (Å²) in [6.45, 7) is 3.00. The van der Waals surface area contributed by atoms with Crippen molar-refractivity contribution in [3.05, 3.63) is 59.7 Å². The average molecular weight is 295 g/mol. The molecule has 0 amide bonds. The Bertz CT molecular complexity index is 751. The van der Waals surface area contributed by atoms with Crippen LogP contribution in [0.1, 0.15) is 34.6 Å². The van der Waals surface area contributed by atoms with Crippen LogP contribution in [0.25, 0.3) is 0 Å². The van der Waals surface area contributed by atoms with E-state index in [4.69, 9.17) is 5.73 Å². The van der Waals surface area contributed by atoms with Crippen molar-refractivity contribution in [1.29, 1.82) is 0 Å². The molecule has 0 heterocycles. The number of benzene rings is 2. The van der Waals surface area contributed by atoms with Gasteiger partial charge >= 0.3 is 0 Å². The number of ketones is 2. The standard InChI is InChI=1S/C17H17N3O2/c1-11(21)13-5-3-7-15(9-13)19-17(18)20-16-8-4-6-14(10-16)12(2)22/h3-10H,1-2H3,(H3,18,19,20). The number of hydrogen-bond donors (Lipinski definition) is 2. The minimum absolute atomic E-state index is 0.0201. The molecular formula is C17H17N3O2. The Kier molecular flexibility index (Phi) is 4.68. The zero-order valence-corrected chi connectivity index (χ0v) is 12.5. The molecule has 2 aromatic rings. The second-order valence-corrected chi connectivity index (χ2v) is 4.87. The number of rotatable bonds is 4. The monoisotopic (exact) mass is 295 g/mol. The first kappa shape index (κ1) is 15.4. The molecule has 0 bridgehead atoms. The number of guanidine groups is 1. The lowest BCUT2D eigenvalue weighted by Crippen LogP contribution is -2.22. The lowest BCUT2D eigenvalue weighted by Gasteiger charge is -2.07. The van der Waals surface area contributed by atoms with E-state index in [1.165, 1.54) is 13.8 Å². The van der Waals surface area contributed by atoms with Gasteiger partial charge in [-0.1, -0.05) is 24.3 Å². The normalized spacial score (nSPS) is 11.1. The Morgan fingerprint density at radius 1 is 0.955 bits per heavy atom. The van der Waals surface area contributed by atoms with Gasteiger partial charge in [0, 0.05) is 16.8 Å². The minimum Gasteiger partial charge on any atom is -0.369 e. The molecule has 0 aromatic heterocycles. The lowest BCUT2D eigenvalue weighted by atomic mass is 10.1. The summed E-state index contributed by atoms with van der Waals surface area (Å²) < 4.78 is 0. The number of nitrogens with one attached hydrogen (secondary N) is 1. The molecule has 0 atom stereocenters. The third-order valence-electron chi connectivity index (χ3n) is 3.04. The van der Waals surface area contributed by atoms with Crippen LogP contribution in [0.15, 0.2) is 53.5 Å². The van der Waals surface area contributed by atoms with Crippen molar-refractivity contribution in [3.8, 4) is 0 Å². The van der Waals surface area contributed by atoms with Gasteiger partial charge in [0.05, 0.1) is 5.69 Å². The van der Waals surface area contributed by atoms with Gasteiger partial charge in [-0.25, -0.2) is 4.99 Å². The first-order chi connectivity index (χ1) is 10.5. The Morgan fingerprint density at radius 2 is 1.55 bits per heavy atom. The quantitative estimate of drug-likeness (QED) is 0.515. The molecule has 0 spiro atoms. The van der Waals surface area contributed by atoms with Gasteiger partial charge in [-0.3, -0.25) is 9.59 Å². The van der Waals surface area contributed by atoms with Gasteiger partial charge in [0.1, 0.15) is 0 Å². The molecule has 0 unspecified atom stereocenters. The summed E-state index contributed by atoms with van der Waals surface area (Å²) in [5, 5.41) is 2.92. The maximum absolute atomic E-state index is 11.4. The highest BCUT2D eigenvalue weighted by Crippen LogP contribution is 2.16. The van der Waals surface area contributed by atoms with Gasteiger partial charge in [-0.2, -0.15) is 0 Å². The van der Waals surface area contributed by atoms with Gasteiger partial charge in [0.15, 0.2) is 17.5 Å². The van der Waals surface area contributed by atoms with Crippen LogP contribution in [0.3, 0.4) is 0 Å². The highest BCUT2D eigenvalue weighted by atomic mass is 16.1. The van der Waals surface area contributed by atoms with E-state index in [9.17, 15) is 9.59 Å². The number of hydrogen-bond acceptors (Lipinski definition) is 3. The molecule has 0 saturated carbocycles. The predicted octanol–water partition coefficient (Wildman–Crippen LogP) is 3.15. The minimum atomic E-state index is -0.0299. The molecule has 0 fully saturated rings. The highest BCUT2D eigenvalue weighted by Gasteiger charge is 2.03. The number of nitrogens with two attached hydrogens (primary N) is 1. The Morgan fingerprint density at radius 3 is 2.18 bits per heavy atom. The van der Waals surface area contributed by atoms with E-state index in [0.29, 0.717) is 22.5 Å². The summed E-state index contributed by atoms with van der Waals surface area (Å²) in [7, 11) is 0. The molecule has 22 heavy (non-hydrogen) atoms. The largest absolute Gasteiger partial charge is 0.369 e. The molecule has 0 aliphatic heterocycles. The first-order valence-electron chi connectivity index (χ1n) is 6.79. The van der Waals surface area contributed by atoms with E-state index < -0.39 is 0 Å². The molecule has 3 N–H and O–H groups in total. The average Bonchev–Trinajstić information content (AvgIpc) is 2.47. The Hall–Kier alpha value is -2.95. The lowest BCUT2D eigenvalue weighted by molar-refractivity contribution is 0.100. The second kappa shape index (κ2) is 6.67. The number of anilines is 1. The number of carbonyl (C=O) groups is 2. The fourth-order valence-corrected chi connectivity index (χ4v) is 1.93. The summed E-state index contributed by atoms with van der Waals surface area (Å²) in [4.78, 5) is 26.9. The van der Waals surface area contributed by atoms with E-state index in [-0.39, 0.29) is 17.5 Å². The van der Waals surface area contributed by atoms with Crippen LogP contribution >= 0.6 is 0 Å². The van der Waals surface area contributed by atoms with Gasteiger partial charge in [0.25, 0.3) is 0 Å².